The highest BCUT2D eigenvalue weighted by Crippen LogP contribution is 2.33. The van der Waals surface area contributed by atoms with Crippen molar-refractivity contribution < 1.29 is 42.9 Å². The maximum Gasteiger partial charge on any atom is 0.414 e. The molecule has 0 saturated carbocycles. The molecule has 3 aromatic rings. The van der Waals surface area contributed by atoms with Crippen molar-refractivity contribution in [1.82, 2.24) is 9.88 Å². The number of nitrogens with one attached hydrogen (secondary N) is 1. The van der Waals surface area contributed by atoms with Crippen LogP contribution in [-0.2, 0) is 9.53 Å². The SMILES string of the molecule is CCC(C)n1cc(C(=O)O)c(=O)c2cc(F)c(N3CCC(O)(COc4ccc(N5C[C@H](CNC(C)=O)OC5=O)cc4F)CC3)cc21. The molecule has 1 aromatic heterocycles. The van der Waals surface area contributed by atoms with E-state index in [4.69, 9.17) is 9.47 Å². The van der Waals surface area contributed by atoms with E-state index in [0.717, 1.165) is 12.1 Å². The first-order valence-corrected chi connectivity index (χ1v) is 15.0. The van der Waals surface area contributed by atoms with E-state index in [1.165, 1.54) is 30.2 Å². The second kappa shape index (κ2) is 12.9. The Labute approximate surface area is 263 Å². The van der Waals surface area contributed by atoms with Gasteiger partial charge in [-0.05, 0) is 50.5 Å². The fourth-order valence-electron chi connectivity index (χ4n) is 5.71. The monoisotopic (exact) mass is 642 g/mol. The number of carbonyl (C=O) groups excluding carboxylic acids is 2. The van der Waals surface area contributed by atoms with Crippen molar-refractivity contribution in [3.05, 3.63) is 63.9 Å². The van der Waals surface area contributed by atoms with Crippen molar-refractivity contribution in [1.29, 1.82) is 0 Å². The number of hydrogen-bond donors (Lipinski definition) is 3. The summed E-state index contributed by atoms with van der Waals surface area (Å²) in [7, 11) is 0. The second-order valence-electron chi connectivity index (χ2n) is 11.8. The molecule has 2 fully saturated rings. The number of carboxylic acids is 1. The topological polar surface area (TPSA) is 151 Å². The number of piperidine rings is 1. The molecule has 3 N–H and O–H groups in total. The van der Waals surface area contributed by atoms with Crippen LogP contribution in [0.5, 0.6) is 5.75 Å². The van der Waals surface area contributed by atoms with Gasteiger partial charge < -0.3 is 34.5 Å². The average molecular weight is 643 g/mol. The number of fused-ring (bicyclic) bond motifs is 1. The summed E-state index contributed by atoms with van der Waals surface area (Å²) in [5, 5.41) is 23.3. The van der Waals surface area contributed by atoms with Crippen LogP contribution in [0.25, 0.3) is 10.9 Å². The van der Waals surface area contributed by atoms with Crippen molar-refractivity contribution in [2.75, 3.05) is 42.6 Å². The fraction of sp³-hybridized carbons (Fsp3) is 0.438. The molecule has 0 bridgehead atoms. The van der Waals surface area contributed by atoms with Crippen LogP contribution < -0.4 is 25.3 Å². The van der Waals surface area contributed by atoms with Crippen LogP contribution in [0.1, 0.15) is 56.4 Å². The number of nitrogens with zero attached hydrogens (tertiary/aromatic N) is 3. The molecular weight excluding hydrogens is 606 g/mol. The zero-order valence-electron chi connectivity index (χ0n) is 25.7. The van der Waals surface area contributed by atoms with Crippen molar-refractivity contribution in [2.45, 2.75) is 57.8 Å². The maximum absolute atomic E-state index is 15.4. The maximum atomic E-state index is 15.4. The number of hydrogen-bond acceptors (Lipinski definition) is 8. The van der Waals surface area contributed by atoms with Gasteiger partial charge in [-0.2, -0.15) is 0 Å². The predicted octanol–water partition coefficient (Wildman–Crippen LogP) is 3.82. The number of aromatic carboxylic acids is 1. The van der Waals surface area contributed by atoms with Crippen molar-refractivity contribution in [3.8, 4) is 5.75 Å². The zero-order valence-corrected chi connectivity index (χ0v) is 25.7. The van der Waals surface area contributed by atoms with Gasteiger partial charge in [0.05, 0.1) is 30.0 Å². The number of amides is 2. The van der Waals surface area contributed by atoms with E-state index in [1.54, 1.807) is 15.5 Å². The zero-order chi connectivity index (χ0) is 33.3. The molecule has 3 heterocycles. The normalized spacial score (nSPS) is 18.4. The number of carboxylic acid groups (broad SMARTS) is 1. The number of aromatic nitrogens is 1. The molecule has 2 saturated heterocycles. The van der Waals surface area contributed by atoms with Crippen molar-refractivity contribution >= 4 is 40.2 Å². The van der Waals surface area contributed by atoms with E-state index in [-0.39, 0.29) is 80.1 Å². The third-order valence-corrected chi connectivity index (χ3v) is 8.61. The predicted molar refractivity (Wildman–Crippen MR) is 165 cm³/mol. The second-order valence-corrected chi connectivity index (χ2v) is 11.8. The molecule has 1 unspecified atom stereocenters. The third kappa shape index (κ3) is 6.62. The number of benzene rings is 2. The average Bonchev–Trinajstić information content (AvgIpc) is 3.39. The Hall–Kier alpha value is -4.72. The van der Waals surface area contributed by atoms with Crippen LogP contribution in [0, 0.1) is 11.6 Å². The molecule has 2 atom stereocenters. The van der Waals surface area contributed by atoms with Crippen molar-refractivity contribution in [3.63, 3.8) is 0 Å². The van der Waals surface area contributed by atoms with Gasteiger partial charge in [0.1, 0.15) is 29.7 Å². The Morgan fingerprint density at radius 1 is 1.15 bits per heavy atom. The number of pyridine rings is 1. The number of aliphatic hydroxyl groups is 1. The fourth-order valence-corrected chi connectivity index (χ4v) is 5.71. The molecule has 0 aliphatic carbocycles. The van der Waals surface area contributed by atoms with E-state index >= 15 is 4.39 Å². The molecule has 2 aliphatic rings. The number of carbonyl (C=O) groups is 3. The summed E-state index contributed by atoms with van der Waals surface area (Å²) in [5.74, 6) is -3.19. The van der Waals surface area contributed by atoms with Crippen LogP contribution in [0.3, 0.4) is 0 Å². The molecule has 2 aliphatic heterocycles. The Balaban J connectivity index is 1.25. The highest BCUT2D eigenvalue weighted by molar-refractivity contribution is 5.93. The highest BCUT2D eigenvalue weighted by Gasteiger charge is 2.36. The Morgan fingerprint density at radius 2 is 1.87 bits per heavy atom. The Morgan fingerprint density at radius 3 is 2.50 bits per heavy atom. The molecule has 2 amide bonds. The van der Waals surface area contributed by atoms with Gasteiger partial charge in [-0.3, -0.25) is 14.5 Å². The van der Waals surface area contributed by atoms with Crippen LogP contribution >= 0.6 is 0 Å². The molecule has 0 spiro atoms. The lowest BCUT2D eigenvalue weighted by Gasteiger charge is -2.39. The smallest absolute Gasteiger partial charge is 0.414 e. The van der Waals surface area contributed by atoms with Crippen LogP contribution in [0.2, 0.25) is 0 Å². The third-order valence-electron chi connectivity index (χ3n) is 8.61. The summed E-state index contributed by atoms with van der Waals surface area (Å²) < 4.78 is 42.9. The molecule has 14 heteroatoms. The molecule has 46 heavy (non-hydrogen) atoms. The lowest BCUT2D eigenvalue weighted by Crippen LogP contribution is -2.48. The van der Waals surface area contributed by atoms with E-state index < -0.39 is 46.4 Å². The quantitative estimate of drug-likeness (QED) is 0.300. The Bertz CT molecular complexity index is 1740. The first-order valence-electron chi connectivity index (χ1n) is 15.0. The summed E-state index contributed by atoms with van der Waals surface area (Å²) in [5.41, 5.74) is -1.64. The van der Waals surface area contributed by atoms with Gasteiger partial charge in [0.15, 0.2) is 11.6 Å². The largest absolute Gasteiger partial charge is 0.488 e. The number of anilines is 2. The minimum Gasteiger partial charge on any atom is -0.488 e. The van der Waals surface area contributed by atoms with Gasteiger partial charge in [0.2, 0.25) is 11.3 Å². The molecule has 2 aromatic carbocycles. The minimum absolute atomic E-state index is 0.0251. The molecule has 5 rings (SSSR count). The highest BCUT2D eigenvalue weighted by atomic mass is 19.1. The van der Waals surface area contributed by atoms with Gasteiger partial charge in [0.25, 0.3) is 0 Å². The van der Waals surface area contributed by atoms with E-state index in [2.05, 4.69) is 5.32 Å². The minimum atomic E-state index is -1.38. The number of halogens is 2. The summed E-state index contributed by atoms with van der Waals surface area (Å²) in [6.45, 7) is 5.66. The number of rotatable bonds is 10. The van der Waals surface area contributed by atoms with Gasteiger partial charge in [0, 0.05) is 43.7 Å². The van der Waals surface area contributed by atoms with E-state index in [9.17, 15) is 33.8 Å². The van der Waals surface area contributed by atoms with Gasteiger partial charge in [-0.25, -0.2) is 18.4 Å². The van der Waals surface area contributed by atoms with Crippen LogP contribution in [-0.4, -0.2) is 77.2 Å². The van der Waals surface area contributed by atoms with Gasteiger partial charge in [-0.1, -0.05) is 6.92 Å². The summed E-state index contributed by atoms with van der Waals surface area (Å²) in [4.78, 5) is 50.9. The van der Waals surface area contributed by atoms with Gasteiger partial charge in [-0.15, -0.1) is 0 Å². The first kappa shape index (κ1) is 32.7. The molecule has 0 radical (unpaired) electrons. The first-order chi connectivity index (χ1) is 21.8. The van der Waals surface area contributed by atoms with E-state index in [1.807, 2.05) is 13.8 Å². The molecular formula is C32H36F2N4O8. The standard InChI is InChI=1S/C32H36F2N4O8/c1-4-18(2)37-16-23(30(41)42)29(40)22-12-24(33)27(13-26(22)37)36-9-7-32(44,8-10-36)17-45-28-6-5-20(11-25(28)34)38-15-21(46-31(38)43)14-35-19(3)39/h5-6,11-13,16,18,21,44H,4,7-10,14-15,17H2,1-3H3,(H,35,39)(H,41,42)/t18?,21-/m0/s1. The summed E-state index contributed by atoms with van der Waals surface area (Å²) >= 11 is 0. The number of cyclic esters (lactones) is 1. The van der Waals surface area contributed by atoms with Crippen molar-refractivity contribution in [2.24, 2.45) is 0 Å². The molecule has 246 valence electrons. The molecule has 12 nitrogen and oxygen atoms in total. The Kier molecular flexibility index (Phi) is 9.20. The summed E-state index contributed by atoms with van der Waals surface area (Å²) in [6.07, 6.45) is 1.05. The lowest BCUT2D eigenvalue weighted by atomic mass is 9.92. The van der Waals surface area contributed by atoms with E-state index in [0.29, 0.717) is 11.9 Å². The number of ether oxygens (including phenoxy) is 2. The lowest BCUT2D eigenvalue weighted by molar-refractivity contribution is -0.119. The van der Waals surface area contributed by atoms with Crippen LogP contribution in [0.15, 0.2) is 41.3 Å². The summed E-state index contributed by atoms with van der Waals surface area (Å²) in [6, 6.07) is 6.43. The van der Waals surface area contributed by atoms with Crippen LogP contribution in [0.4, 0.5) is 25.0 Å². The van der Waals surface area contributed by atoms with Gasteiger partial charge >= 0.3 is 12.1 Å².